The second kappa shape index (κ2) is 3.13. The third kappa shape index (κ3) is 3.43. The van der Waals surface area contributed by atoms with Gasteiger partial charge in [-0.15, -0.1) is 0 Å². The van der Waals surface area contributed by atoms with Crippen molar-refractivity contribution < 1.29 is 13.2 Å². The Hall–Kier alpha value is -0.145. The van der Waals surface area contributed by atoms with Crippen LogP contribution in [0.25, 0.3) is 0 Å². The SMILES string of the molecule is [B]C(CCC)C(F)(F)F. The lowest BCUT2D eigenvalue weighted by Crippen LogP contribution is -2.16. The van der Waals surface area contributed by atoms with Crippen LogP contribution in [0.1, 0.15) is 19.8 Å². The molecule has 0 nitrogen and oxygen atoms in total. The molecule has 0 heterocycles. The van der Waals surface area contributed by atoms with Gasteiger partial charge in [-0.05, 0) is 0 Å². The van der Waals surface area contributed by atoms with E-state index in [4.69, 9.17) is 7.85 Å². The first-order chi connectivity index (χ1) is 3.98. The second-order valence-corrected chi connectivity index (χ2v) is 1.94. The smallest absolute Gasteiger partial charge is 0.172 e. The van der Waals surface area contributed by atoms with E-state index in [-0.39, 0.29) is 6.42 Å². The van der Waals surface area contributed by atoms with Crippen molar-refractivity contribution in [2.45, 2.75) is 31.8 Å². The fraction of sp³-hybridized carbons (Fsp3) is 1.00. The van der Waals surface area contributed by atoms with E-state index in [1.807, 2.05) is 0 Å². The summed E-state index contributed by atoms with van der Waals surface area (Å²) in [5, 5.41) is 0. The molecule has 0 saturated heterocycles. The van der Waals surface area contributed by atoms with Crippen LogP contribution in [0.4, 0.5) is 13.2 Å². The van der Waals surface area contributed by atoms with Crippen molar-refractivity contribution in [3.8, 4) is 0 Å². The van der Waals surface area contributed by atoms with Crippen molar-refractivity contribution in [3.63, 3.8) is 0 Å². The molecule has 0 aliphatic rings. The Kier molecular flexibility index (Phi) is 3.08. The molecule has 9 heavy (non-hydrogen) atoms. The predicted octanol–water partition coefficient (Wildman–Crippen LogP) is 2.31. The third-order valence-corrected chi connectivity index (χ3v) is 1.02. The van der Waals surface area contributed by atoms with Gasteiger partial charge in [0.1, 0.15) is 0 Å². The van der Waals surface area contributed by atoms with Crippen molar-refractivity contribution in [2.24, 2.45) is 0 Å². The highest BCUT2D eigenvalue weighted by Gasteiger charge is 2.33. The average Bonchev–Trinajstić information content (AvgIpc) is 1.64. The van der Waals surface area contributed by atoms with Crippen LogP contribution in [0.2, 0.25) is 5.82 Å². The van der Waals surface area contributed by atoms with E-state index in [2.05, 4.69) is 0 Å². The maximum Gasteiger partial charge on any atom is 0.384 e. The molecule has 0 saturated carbocycles. The number of alkyl halides is 3. The Balaban J connectivity index is 3.59. The predicted molar refractivity (Wildman–Crippen MR) is 30.5 cm³/mol. The van der Waals surface area contributed by atoms with E-state index in [1.165, 1.54) is 0 Å². The molecule has 0 aromatic rings. The molecule has 0 bridgehead atoms. The highest BCUT2D eigenvalue weighted by molar-refractivity contribution is 6.12. The quantitative estimate of drug-likeness (QED) is 0.511. The third-order valence-electron chi connectivity index (χ3n) is 1.02. The number of rotatable bonds is 2. The highest BCUT2D eigenvalue weighted by atomic mass is 19.4. The van der Waals surface area contributed by atoms with Crippen LogP contribution in [-0.2, 0) is 0 Å². The van der Waals surface area contributed by atoms with Gasteiger partial charge in [-0.25, -0.2) is 0 Å². The Labute approximate surface area is 53.8 Å². The summed E-state index contributed by atoms with van der Waals surface area (Å²) in [6.45, 7) is 1.67. The molecule has 52 valence electrons. The molecular formula is C5H8BF3. The van der Waals surface area contributed by atoms with Crippen LogP contribution in [0.15, 0.2) is 0 Å². The van der Waals surface area contributed by atoms with Crippen LogP contribution >= 0.6 is 0 Å². The molecular weight excluding hydrogens is 128 g/mol. The first-order valence-electron chi connectivity index (χ1n) is 2.80. The van der Waals surface area contributed by atoms with E-state index in [0.29, 0.717) is 6.42 Å². The summed E-state index contributed by atoms with van der Waals surface area (Å²) >= 11 is 0. The first kappa shape index (κ1) is 8.85. The Morgan fingerprint density at radius 3 is 2.00 bits per heavy atom. The molecule has 0 fully saturated rings. The maximum atomic E-state index is 11.5. The van der Waals surface area contributed by atoms with Crippen LogP contribution in [0.3, 0.4) is 0 Å². The monoisotopic (exact) mass is 136 g/mol. The van der Waals surface area contributed by atoms with Gasteiger partial charge < -0.3 is 0 Å². The summed E-state index contributed by atoms with van der Waals surface area (Å²) in [6, 6.07) is 0. The molecule has 4 heteroatoms. The van der Waals surface area contributed by atoms with Crippen LogP contribution in [0.5, 0.6) is 0 Å². The van der Waals surface area contributed by atoms with E-state index in [0.717, 1.165) is 0 Å². The lowest BCUT2D eigenvalue weighted by molar-refractivity contribution is -0.134. The zero-order valence-corrected chi connectivity index (χ0v) is 5.20. The molecule has 0 rings (SSSR count). The molecule has 0 aliphatic heterocycles. The Bertz CT molecular complexity index is 78.8. The molecule has 2 radical (unpaired) electrons. The molecule has 0 aliphatic carbocycles. The van der Waals surface area contributed by atoms with Crippen LogP contribution in [-0.4, -0.2) is 14.0 Å². The number of halogens is 3. The van der Waals surface area contributed by atoms with Gasteiger partial charge in [-0.3, -0.25) is 0 Å². The highest BCUT2D eigenvalue weighted by Crippen LogP contribution is 2.31. The summed E-state index contributed by atoms with van der Waals surface area (Å²) in [5.41, 5.74) is 0. The summed E-state index contributed by atoms with van der Waals surface area (Å²) in [7, 11) is 4.74. The van der Waals surface area contributed by atoms with Gasteiger partial charge in [0.25, 0.3) is 0 Å². The molecule has 0 aromatic heterocycles. The largest absolute Gasteiger partial charge is 0.384 e. The summed E-state index contributed by atoms with van der Waals surface area (Å²) < 4.78 is 34.5. The van der Waals surface area contributed by atoms with E-state index in [1.54, 1.807) is 6.92 Å². The Morgan fingerprint density at radius 1 is 1.44 bits per heavy atom. The van der Waals surface area contributed by atoms with Gasteiger partial charge in [0.15, 0.2) is 0 Å². The molecule has 1 unspecified atom stereocenters. The topological polar surface area (TPSA) is 0 Å². The lowest BCUT2D eigenvalue weighted by atomic mass is 9.83. The minimum atomic E-state index is -4.21. The zero-order chi connectivity index (χ0) is 7.49. The molecule has 0 aromatic carbocycles. The molecule has 0 amide bonds. The molecule has 1 atom stereocenters. The fourth-order valence-electron chi connectivity index (χ4n) is 0.475. The summed E-state index contributed by atoms with van der Waals surface area (Å²) in [5.74, 6) is -1.64. The van der Waals surface area contributed by atoms with E-state index < -0.39 is 12.0 Å². The standard InChI is InChI=1S/C5H8BF3/c1-2-3-4(6)5(7,8)9/h4H,2-3H2,1H3. The van der Waals surface area contributed by atoms with Gasteiger partial charge in [-0.1, -0.05) is 19.8 Å². The van der Waals surface area contributed by atoms with Crippen LogP contribution < -0.4 is 0 Å². The summed E-state index contributed by atoms with van der Waals surface area (Å²) in [6.07, 6.45) is -3.72. The Morgan fingerprint density at radius 2 is 1.89 bits per heavy atom. The fourth-order valence-corrected chi connectivity index (χ4v) is 0.475. The van der Waals surface area contributed by atoms with Gasteiger partial charge >= 0.3 is 6.18 Å². The minimum absolute atomic E-state index is 0.0174. The number of hydrogen-bond donors (Lipinski definition) is 0. The maximum absolute atomic E-state index is 11.5. The minimum Gasteiger partial charge on any atom is -0.172 e. The summed E-state index contributed by atoms with van der Waals surface area (Å²) in [4.78, 5) is 0. The van der Waals surface area contributed by atoms with Crippen molar-refractivity contribution in [1.82, 2.24) is 0 Å². The van der Waals surface area contributed by atoms with Crippen molar-refractivity contribution in [1.29, 1.82) is 0 Å². The van der Waals surface area contributed by atoms with Crippen molar-refractivity contribution in [3.05, 3.63) is 0 Å². The van der Waals surface area contributed by atoms with Gasteiger partial charge in [0.2, 0.25) is 0 Å². The zero-order valence-electron chi connectivity index (χ0n) is 5.20. The number of hydrogen-bond acceptors (Lipinski definition) is 0. The average molecular weight is 136 g/mol. The van der Waals surface area contributed by atoms with Gasteiger partial charge in [0.05, 0.1) is 7.85 Å². The first-order valence-corrected chi connectivity index (χ1v) is 2.80. The lowest BCUT2D eigenvalue weighted by Gasteiger charge is -2.13. The van der Waals surface area contributed by atoms with Crippen LogP contribution in [0, 0.1) is 0 Å². The van der Waals surface area contributed by atoms with Crippen molar-refractivity contribution in [2.75, 3.05) is 0 Å². The molecule has 0 spiro atoms. The molecule has 0 N–H and O–H groups in total. The van der Waals surface area contributed by atoms with E-state index >= 15 is 0 Å². The van der Waals surface area contributed by atoms with E-state index in [9.17, 15) is 13.2 Å². The van der Waals surface area contributed by atoms with Gasteiger partial charge in [-0.2, -0.15) is 13.2 Å². The van der Waals surface area contributed by atoms with Crippen molar-refractivity contribution >= 4 is 7.85 Å². The normalized spacial score (nSPS) is 15.6. The second-order valence-electron chi connectivity index (χ2n) is 1.94. The van der Waals surface area contributed by atoms with Gasteiger partial charge in [0, 0.05) is 5.82 Å².